The fourth-order valence-electron chi connectivity index (χ4n) is 4.79. The van der Waals surface area contributed by atoms with Crippen LogP contribution >= 0.6 is 11.3 Å². The summed E-state index contributed by atoms with van der Waals surface area (Å²) < 4.78 is 6.34. The van der Waals surface area contributed by atoms with Crippen LogP contribution in [0.25, 0.3) is 0 Å². The Balaban J connectivity index is 1.55. The van der Waals surface area contributed by atoms with Crippen LogP contribution in [0.15, 0.2) is 6.07 Å². The molecule has 1 aromatic rings. The fraction of sp³-hybridized carbons (Fsp3) is 0.750. The van der Waals surface area contributed by atoms with E-state index in [1.54, 1.807) is 11.3 Å². The van der Waals surface area contributed by atoms with Crippen molar-refractivity contribution in [1.82, 2.24) is 9.80 Å². The van der Waals surface area contributed by atoms with Crippen molar-refractivity contribution in [1.29, 1.82) is 0 Å². The highest BCUT2D eigenvalue weighted by Crippen LogP contribution is 2.45. The molecule has 3 aliphatic rings. The van der Waals surface area contributed by atoms with Crippen LogP contribution in [-0.4, -0.2) is 66.2 Å². The maximum absolute atomic E-state index is 13.0. The number of rotatable bonds is 4. The van der Waals surface area contributed by atoms with E-state index in [9.17, 15) is 9.90 Å². The minimum Gasteiger partial charge on any atom is -0.394 e. The van der Waals surface area contributed by atoms with Crippen LogP contribution < -0.4 is 0 Å². The first kappa shape index (κ1) is 18.4. The van der Waals surface area contributed by atoms with E-state index >= 15 is 0 Å². The van der Waals surface area contributed by atoms with Gasteiger partial charge in [-0.25, -0.2) is 0 Å². The number of carbonyl (C=O) groups is 1. The molecule has 1 spiro atoms. The first-order valence-corrected chi connectivity index (χ1v) is 10.9. The van der Waals surface area contributed by atoms with Crippen LogP contribution in [0, 0.1) is 0 Å². The molecule has 1 atom stereocenters. The van der Waals surface area contributed by atoms with Crippen molar-refractivity contribution in [3.63, 3.8) is 0 Å². The number of ether oxygens (including phenoxy) is 1. The number of aliphatic hydroxyl groups excluding tert-OH is 1. The quantitative estimate of drug-likeness (QED) is 0.875. The lowest BCUT2D eigenvalue weighted by atomic mass is 9.85. The predicted octanol–water partition coefficient (Wildman–Crippen LogP) is 2.62. The largest absolute Gasteiger partial charge is 0.394 e. The van der Waals surface area contributed by atoms with Gasteiger partial charge in [0.15, 0.2) is 0 Å². The Labute approximate surface area is 159 Å². The maximum atomic E-state index is 13.0. The third kappa shape index (κ3) is 3.21. The van der Waals surface area contributed by atoms with Crippen molar-refractivity contribution >= 4 is 17.2 Å². The highest BCUT2D eigenvalue weighted by molar-refractivity contribution is 7.14. The monoisotopic (exact) mass is 378 g/mol. The van der Waals surface area contributed by atoms with Crippen molar-refractivity contribution in [3.05, 3.63) is 21.4 Å². The van der Waals surface area contributed by atoms with Crippen LogP contribution in [0.5, 0.6) is 0 Å². The van der Waals surface area contributed by atoms with E-state index < -0.39 is 0 Å². The fourth-order valence-corrected chi connectivity index (χ4v) is 6.15. The van der Waals surface area contributed by atoms with Gasteiger partial charge in [-0.3, -0.25) is 4.79 Å². The smallest absolute Gasteiger partial charge is 0.264 e. The summed E-state index contributed by atoms with van der Waals surface area (Å²) in [7, 11) is 0. The zero-order valence-electron chi connectivity index (χ0n) is 15.7. The van der Waals surface area contributed by atoms with Crippen LogP contribution in [0.1, 0.15) is 59.1 Å². The second-order valence-corrected chi connectivity index (χ2v) is 8.93. The number of likely N-dealkylation sites (tertiary alicyclic amines) is 2. The number of hydrogen-bond acceptors (Lipinski definition) is 5. The molecule has 4 rings (SSSR count). The van der Waals surface area contributed by atoms with E-state index in [1.807, 2.05) is 4.90 Å². The Morgan fingerprint density at radius 2 is 2.19 bits per heavy atom. The second-order valence-electron chi connectivity index (χ2n) is 7.88. The molecule has 1 amide bonds. The predicted molar refractivity (Wildman–Crippen MR) is 103 cm³/mol. The van der Waals surface area contributed by atoms with Gasteiger partial charge in [0.2, 0.25) is 0 Å². The highest BCUT2D eigenvalue weighted by atomic mass is 32.1. The first-order chi connectivity index (χ1) is 12.7. The third-order valence-electron chi connectivity index (χ3n) is 6.24. The van der Waals surface area contributed by atoms with Crippen molar-refractivity contribution in [2.24, 2.45) is 0 Å². The molecular formula is C20H30N2O3S. The van der Waals surface area contributed by atoms with Gasteiger partial charge in [-0.2, -0.15) is 0 Å². The Kier molecular flexibility index (Phi) is 5.37. The summed E-state index contributed by atoms with van der Waals surface area (Å²) in [5, 5.41) is 9.55. The number of hydrogen-bond donors (Lipinski definition) is 1. The minimum atomic E-state index is -0.178. The Hall–Kier alpha value is -0.950. The molecule has 0 aliphatic carbocycles. The normalized spacial score (nSPS) is 25.6. The lowest BCUT2D eigenvalue weighted by Gasteiger charge is -2.43. The van der Waals surface area contributed by atoms with Gasteiger partial charge < -0.3 is 19.6 Å². The first-order valence-electron chi connectivity index (χ1n) is 10.1. The van der Waals surface area contributed by atoms with E-state index in [4.69, 9.17) is 4.74 Å². The Morgan fingerprint density at radius 3 is 2.92 bits per heavy atom. The van der Waals surface area contributed by atoms with Crippen molar-refractivity contribution in [3.8, 4) is 0 Å². The van der Waals surface area contributed by atoms with E-state index in [0.717, 1.165) is 69.8 Å². The van der Waals surface area contributed by atoms with Gasteiger partial charge in [0.1, 0.15) is 5.60 Å². The standard InChI is InChI=1S/C20H30N2O3S/c1-2-8-21-10-6-20(7-11-21)18-15(5-12-25-20)13-17(26-18)19(24)22-9-3-4-16(22)14-23/h13,16,23H,2-12,14H2,1H3. The van der Waals surface area contributed by atoms with Crippen molar-refractivity contribution in [2.75, 3.05) is 39.4 Å². The number of nitrogens with zero attached hydrogens (tertiary/aromatic N) is 2. The zero-order valence-corrected chi connectivity index (χ0v) is 16.5. The highest BCUT2D eigenvalue weighted by Gasteiger charge is 2.43. The molecular weight excluding hydrogens is 348 g/mol. The van der Waals surface area contributed by atoms with E-state index in [0.29, 0.717) is 0 Å². The molecule has 0 bridgehead atoms. The van der Waals surface area contributed by atoms with Gasteiger partial charge in [0.05, 0.1) is 24.1 Å². The number of amides is 1. The topological polar surface area (TPSA) is 53.0 Å². The van der Waals surface area contributed by atoms with Gasteiger partial charge >= 0.3 is 0 Å². The van der Waals surface area contributed by atoms with Crippen molar-refractivity contribution < 1.29 is 14.6 Å². The van der Waals surface area contributed by atoms with Gasteiger partial charge in [0, 0.05) is 24.5 Å². The molecule has 0 radical (unpaired) electrons. The van der Waals surface area contributed by atoms with Gasteiger partial charge in [-0.1, -0.05) is 6.92 Å². The molecule has 6 heteroatoms. The number of thiophene rings is 1. The molecule has 144 valence electrons. The molecule has 26 heavy (non-hydrogen) atoms. The number of aliphatic hydroxyl groups is 1. The van der Waals surface area contributed by atoms with E-state index in [1.165, 1.54) is 16.9 Å². The average Bonchev–Trinajstić information content (AvgIpc) is 3.31. The van der Waals surface area contributed by atoms with Gasteiger partial charge in [0.25, 0.3) is 5.91 Å². The molecule has 1 aromatic heterocycles. The number of fused-ring (bicyclic) bond motifs is 2. The Morgan fingerprint density at radius 1 is 1.38 bits per heavy atom. The molecule has 2 fully saturated rings. The van der Waals surface area contributed by atoms with Crippen molar-refractivity contribution in [2.45, 2.75) is 57.1 Å². The third-order valence-corrected chi connectivity index (χ3v) is 7.59. The number of carbonyl (C=O) groups excluding carboxylic acids is 1. The molecule has 0 saturated carbocycles. The number of piperidine rings is 1. The van der Waals surface area contributed by atoms with Gasteiger partial charge in [-0.15, -0.1) is 11.3 Å². The molecule has 3 aliphatic heterocycles. The SMILES string of the molecule is CCCN1CCC2(CC1)OCCc1cc(C(=O)N3CCCC3CO)sc12. The van der Waals surface area contributed by atoms with Gasteiger partial charge in [-0.05, 0) is 56.7 Å². The lowest BCUT2D eigenvalue weighted by Crippen LogP contribution is -2.46. The molecule has 2 saturated heterocycles. The van der Waals surface area contributed by atoms with E-state index in [2.05, 4.69) is 17.9 Å². The summed E-state index contributed by atoms with van der Waals surface area (Å²) in [5.74, 6) is 0.0968. The molecule has 1 N–H and O–H groups in total. The molecule has 4 heterocycles. The summed E-state index contributed by atoms with van der Waals surface area (Å²) in [6, 6.07) is 2.10. The van der Waals surface area contributed by atoms with E-state index in [-0.39, 0.29) is 24.2 Å². The minimum absolute atomic E-state index is 0.0101. The molecule has 1 unspecified atom stereocenters. The summed E-state index contributed by atoms with van der Waals surface area (Å²) in [5.41, 5.74) is 1.14. The summed E-state index contributed by atoms with van der Waals surface area (Å²) >= 11 is 1.65. The van der Waals surface area contributed by atoms with Crippen LogP contribution in [0.2, 0.25) is 0 Å². The maximum Gasteiger partial charge on any atom is 0.264 e. The summed E-state index contributed by atoms with van der Waals surface area (Å²) in [4.78, 5) is 19.5. The Bertz CT molecular complexity index is 651. The van der Waals surface area contributed by atoms with Crippen LogP contribution in [0.4, 0.5) is 0 Å². The zero-order chi connectivity index (χ0) is 18.1. The van der Waals surface area contributed by atoms with Crippen LogP contribution in [0.3, 0.4) is 0 Å². The van der Waals surface area contributed by atoms with Crippen LogP contribution in [-0.2, 0) is 16.8 Å². The lowest BCUT2D eigenvalue weighted by molar-refractivity contribution is -0.0949. The molecule has 5 nitrogen and oxygen atoms in total. The molecule has 0 aromatic carbocycles. The average molecular weight is 379 g/mol. The second kappa shape index (κ2) is 7.58. The summed E-state index contributed by atoms with van der Waals surface area (Å²) in [6.45, 7) is 7.13. The summed E-state index contributed by atoms with van der Waals surface area (Å²) in [6.07, 6.45) is 6.05.